The maximum atomic E-state index is 12.0. The summed E-state index contributed by atoms with van der Waals surface area (Å²) in [6.07, 6.45) is 3.90. The van der Waals surface area contributed by atoms with Crippen LogP contribution < -0.4 is 5.32 Å². The lowest BCUT2D eigenvalue weighted by molar-refractivity contribution is -0.141. The molecule has 0 aliphatic carbocycles. The molecule has 2 atom stereocenters. The standard InChI is InChI=1S/C13H17N3O3/c1-9(10-3-2-5-14-7-10)15-13(19)16-6-4-11(8-16)12(17)18/h2-3,5,7,9,11H,4,6,8H2,1H3,(H,15,19)(H,17,18). The van der Waals surface area contributed by atoms with Crippen LogP contribution in [0.4, 0.5) is 4.79 Å². The van der Waals surface area contributed by atoms with E-state index >= 15 is 0 Å². The summed E-state index contributed by atoms with van der Waals surface area (Å²) in [4.78, 5) is 28.4. The van der Waals surface area contributed by atoms with Gasteiger partial charge in [0.1, 0.15) is 0 Å². The van der Waals surface area contributed by atoms with Gasteiger partial charge >= 0.3 is 12.0 Å². The van der Waals surface area contributed by atoms with E-state index < -0.39 is 11.9 Å². The van der Waals surface area contributed by atoms with Crippen LogP contribution in [-0.2, 0) is 4.79 Å². The Morgan fingerprint density at radius 1 is 1.58 bits per heavy atom. The van der Waals surface area contributed by atoms with Gasteiger partial charge in [0.25, 0.3) is 0 Å². The van der Waals surface area contributed by atoms with Crippen molar-refractivity contribution in [1.82, 2.24) is 15.2 Å². The van der Waals surface area contributed by atoms with E-state index in [1.54, 1.807) is 17.3 Å². The van der Waals surface area contributed by atoms with Crippen molar-refractivity contribution in [3.05, 3.63) is 30.1 Å². The first kappa shape index (κ1) is 13.3. The molecule has 0 aromatic carbocycles. The topological polar surface area (TPSA) is 82.5 Å². The molecule has 1 aliphatic heterocycles. The minimum Gasteiger partial charge on any atom is -0.481 e. The second-order valence-electron chi connectivity index (χ2n) is 4.73. The van der Waals surface area contributed by atoms with Crippen LogP contribution in [0.2, 0.25) is 0 Å². The molecule has 1 fully saturated rings. The van der Waals surface area contributed by atoms with Crippen molar-refractivity contribution in [3.63, 3.8) is 0 Å². The zero-order valence-corrected chi connectivity index (χ0v) is 10.7. The minimum absolute atomic E-state index is 0.148. The number of hydrogen-bond acceptors (Lipinski definition) is 3. The summed E-state index contributed by atoms with van der Waals surface area (Å²) in [6.45, 7) is 2.64. The van der Waals surface area contributed by atoms with Crippen molar-refractivity contribution >= 4 is 12.0 Å². The number of carbonyl (C=O) groups is 2. The zero-order valence-electron chi connectivity index (χ0n) is 10.7. The third kappa shape index (κ3) is 3.21. The number of amides is 2. The third-order valence-electron chi connectivity index (χ3n) is 3.35. The van der Waals surface area contributed by atoms with Gasteiger partial charge in [-0.3, -0.25) is 9.78 Å². The Morgan fingerprint density at radius 2 is 2.37 bits per heavy atom. The number of carboxylic acids is 1. The molecule has 0 bridgehead atoms. The molecule has 102 valence electrons. The fourth-order valence-electron chi connectivity index (χ4n) is 2.14. The van der Waals surface area contributed by atoms with Crippen molar-refractivity contribution in [3.8, 4) is 0 Å². The van der Waals surface area contributed by atoms with Gasteiger partial charge in [-0.25, -0.2) is 4.79 Å². The molecule has 0 saturated carbocycles. The lowest BCUT2D eigenvalue weighted by Crippen LogP contribution is -2.40. The molecule has 19 heavy (non-hydrogen) atoms. The van der Waals surface area contributed by atoms with Gasteiger partial charge in [0, 0.05) is 25.5 Å². The van der Waals surface area contributed by atoms with E-state index in [9.17, 15) is 9.59 Å². The molecule has 1 saturated heterocycles. The first-order chi connectivity index (χ1) is 9.08. The summed E-state index contributed by atoms with van der Waals surface area (Å²) in [5, 5.41) is 11.8. The van der Waals surface area contributed by atoms with Crippen LogP contribution in [0.15, 0.2) is 24.5 Å². The van der Waals surface area contributed by atoms with Crippen LogP contribution in [0.5, 0.6) is 0 Å². The predicted octanol–water partition coefficient (Wildman–Crippen LogP) is 1.26. The fourth-order valence-corrected chi connectivity index (χ4v) is 2.14. The van der Waals surface area contributed by atoms with Gasteiger partial charge in [-0.15, -0.1) is 0 Å². The van der Waals surface area contributed by atoms with Gasteiger partial charge in [0.15, 0.2) is 0 Å². The Morgan fingerprint density at radius 3 is 2.95 bits per heavy atom. The summed E-state index contributed by atoms with van der Waals surface area (Å²) in [6, 6.07) is 3.33. The van der Waals surface area contributed by atoms with E-state index in [0.717, 1.165) is 5.56 Å². The Labute approximate surface area is 111 Å². The van der Waals surface area contributed by atoms with Gasteiger partial charge in [0.2, 0.25) is 0 Å². The van der Waals surface area contributed by atoms with Gasteiger partial charge in [0.05, 0.1) is 12.0 Å². The molecule has 2 heterocycles. The zero-order chi connectivity index (χ0) is 13.8. The van der Waals surface area contributed by atoms with E-state index in [0.29, 0.717) is 13.0 Å². The number of aromatic nitrogens is 1. The molecule has 1 aromatic rings. The Bertz CT molecular complexity index is 463. The number of aliphatic carboxylic acids is 1. The quantitative estimate of drug-likeness (QED) is 0.860. The molecule has 2 rings (SSSR count). The third-order valence-corrected chi connectivity index (χ3v) is 3.35. The molecule has 2 amide bonds. The summed E-state index contributed by atoms with van der Waals surface area (Å²) in [7, 11) is 0. The molecular formula is C13H17N3O3. The number of pyridine rings is 1. The van der Waals surface area contributed by atoms with Gasteiger partial charge in [-0.05, 0) is 25.0 Å². The highest BCUT2D eigenvalue weighted by Gasteiger charge is 2.31. The largest absolute Gasteiger partial charge is 0.481 e. The van der Waals surface area contributed by atoms with Crippen LogP contribution in [0, 0.1) is 5.92 Å². The highest BCUT2D eigenvalue weighted by molar-refractivity contribution is 5.77. The van der Waals surface area contributed by atoms with Crippen LogP contribution in [0.1, 0.15) is 24.9 Å². The number of hydrogen-bond donors (Lipinski definition) is 2. The van der Waals surface area contributed by atoms with E-state index in [1.807, 2.05) is 19.1 Å². The lowest BCUT2D eigenvalue weighted by Gasteiger charge is -2.20. The van der Waals surface area contributed by atoms with Gasteiger partial charge in [-0.2, -0.15) is 0 Å². The van der Waals surface area contributed by atoms with Crippen molar-refractivity contribution in [2.75, 3.05) is 13.1 Å². The Balaban J connectivity index is 1.90. The smallest absolute Gasteiger partial charge is 0.317 e. The molecule has 6 heteroatoms. The van der Waals surface area contributed by atoms with Crippen molar-refractivity contribution in [2.24, 2.45) is 5.92 Å². The second kappa shape index (κ2) is 5.69. The van der Waals surface area contributed by atoms with Crippen LogP contribution >= 0.6 is 0 Å². The second-order valence-corrected chi connectivity index (χ2v) is 4.73. The van der Waals surface area contributed by atoms with Crippen LogP contribution in [0.25, 0.3) is 0 Å². The van der Waals surface area contributed by atoms with Gasteiger partial charge < -0.3 is 15.3 Å². The average Bonchev–Trinajstić information content (AvgIpc) is 2.89. The number of rotatable bonds is 3. The number of likely N-dealkylation sites (tertiary alicyclic amines) is 1. The number of urea groups is 1. The molecule has 2 N–H and O–H groups in total. The maximum absolute atomic E-state index is 12.0. The van der Waals surface area contributed by atoms with Crippen molar-refractivity contribution in [1.29, 1.82) is 0 Å². The fraction of sp³-hybridized carbons (Fsp3) is 0.462. The molecular weight excluding hydrogens is 246 g/mol. The van der Waals surface area contributed by atoms with E-state index in [4.69, 9.17) is 5.11 Å². The highest BCUT2D eigenvalue weighted by atomic mass is 16.4. The lowest BCUT2D eigenvalue weighted by atomic mass is 10.1. The van der Waals surface area contributed by atoms with Crippen LogP contribution in [-0.4, -0.2) is 40.1 Å². The molecule has 0 radical (unpaired) electrons. The number of nitrogens with zero attached hydrogens (tertiary/aromatic N) is 2. The normalized spacial score (nSPS) is 20.1. The predicted molar refractivity (Wildman–Crippen MR) is 68.5 cm³/mol. The van der Waals surface area contributed by atoms with Crippen molar-refractivity contribution < 1.29 is 14.7 Å². The minimum atomic E-state index is -0.837. The molecule has 1 aromatic heterocycles. The van der Waals surface area contributed by atoms with E-state index in [1.165, 1.54) is 0 Å². The molecule has 1 aliphatic rings. The molecule has 0 spiro atoms. The molecule has 6 nitrogen and oxygen atoms in total. The van der Waals surface area contributed by atoms with Crippen LogP contribution in [0.3, 0.4) is 0 Å². The molecule has 2 unspecified atom stereocenters. The van der Waals surface area contributed by atoms with E-state index in [2.05, 4.69) is 10.3 Å². The number of nitrogens with one attached hydrogen (secondary N) is 1. The summed E-state index contributed by atoms with van der Waals surface area (Å²) < 4.78 is 0. The number of carboxylic acid groups (broad SMARTS) is 1. The average molecular weight is 263 g/mol. The highest BCUT2D eigenvalue weighted by Crippen LogP contribution is 2.17. The summed E-state index contributed by atoms with van der Waals surface area (Å²) in [5.41, 5.74) is 0.921. The Hall–Kier alpha value is -2.11. The Kier molecular flexibility index (Phi) is 3.99. The van der Waals surface area contributed by atoms with Gasteiger partial charge in [-0.1, -0.05) is 6.07 Å². The summed E-state index contributed by atoms with van der Waals surface area (Å²) >= 11 is 0. The first-order valence-corrected chi connectivity index (χ1v) is 6.26. The maximum Gasteiger partial charge on any atom is 0.317 e. The van der Waals surface area contributed by atoms with Crippen molar-refractivity contribution in [2.45, 2.75) is 19.4 Å². The first-order valence-electron chi connectivity index (χ1n) is 6.26. The monoisotopic (exact) mass is 263 g/mol. The van der Waals surface area contributed by atoms with E-state index in [-0.39, 0.29) is 18.6 Å². The number of carbonyl (C=O) groups excluding carboxylic acids is 1. The SMILES string of the molecule is CC(NC(=O)N1CCC(C(=O)O)C1)c1cccnc1. The summed E-state index contributed by atoms with van der Waals surface area (Å²) in [5.74, 6) is -1.28.